The molecule has 118 valence electrons. The second-order valence-corrected chi connectivity index (χ2v) is 5.29. The standard InChI is InChI=1S/C17H16ClN3O2/c1-2-13(10-19)21-17(22)11-4-3-5-14(8-11)23-16-7-6-12(20)9-15(16)18/h3-9,13H,2,20H2,1H3,(H,21,22). The van der Waals surface area contributed by atoms with Crippen molar-refractivity contribution in [2.75, 3.05) is 5.73 Å². The Labute approximate surface area is 139 Å². The Kier molecular flexibility index (Phi) is 5.45. The van der Waals surface area contributed by atoms with Crippen LogP contribution >= 0.6 is 11.6 Å². The molecule has 0 saturated carbocycles. The van der Waals surface area contributed by atoms with Crippen LogP contribution in [0.1, 0.15) is 23.7 Å². The van der Waals surface area contributed by atoms with Crippen LogP contribution in [-0.4, -0.2) is 11.9 Å². The molecule has 1 amide bonds. The van der Waals surface area contributed by atoms with E-state index in [1.807, 2.05) is 13.0 Å². The molecule has 1 unspecified atom stereocenters. The molecule has 23 heavy (non-hydrogen) atoms. The molecule has 0 saturated heterocycles. The summed E-state index contributed by atoms with van der Waals surface area (Å²) in [7, 11) is 0. The van der Waals surface area contributed by atoms with E-state index in [9.17, 15) is 4.79 Å². The number of rotatable bonds is 5. The van der Waals surface area contributed by atoms with Gasteiger partial charge in [-0.2, -0.15) is 5.26 Å². The number of nitrogens with zero attached hydrogens (tertiary/aromatic N) is 1. The summed E-state index contributed by atoms with van der Waals surface area (Å²) in [5, 5.41) is 11.9. The van der Waals surface area contributed by atoms with Crippen LogP contribution in [-0.2, 0) is 0 Å². The third-order valence-electron chi connectivity index (χ3n) is 3.15. The van der Waals surface area contributed by atoms with E-state index in [1.165, 1.54) is 0 Å². The lowest BCUT2D eigenvalue weighted by Gasteiger charge is -2.11. The van der Waals surface area contributed by atoms with Gasteiger partial charge in [0.2, 0.25) is 0 Å². The molecule has 0 heterocycles. The van der Waals surface area contributed by atoms with Crippen LogP contribution in [0.4, 0.5) is 5.69 Å². The smallest absolute Gasteiger partial charge is 0.252 e. The Morgan fingerprint density at radius 2 is 2.17 bits per heavy atom. The fourth-order valence-corrected chi connectivity index (χ4v) is 2.12. The molecule has 6 heteroatoms. The highest BCUT2D eigenvalue weighted by Gasteiger charge is 2.12. The van der Waals surface area contributed by atoms with Crippen molar-refractivity contribution in [1.29, 1.82) is 5.26 Å². The first kappa shape index (κ1) is 16.7. The van der Waals surface area contributed by atoms with Crippen molar-refractivity contribution in [1.82, 2.24) is 5.32 Å². The molecule has 0 aromatic heterocycles. The average Bonchev–Trinajstić information content (AvgIpc) is 2.55. The fourth-order valence-electron chi connectivity index (χ4n) is 1.89. The number of carbonyl (C=O) groups excluding carboxylic acids is 1. The molecule has 0 radical (unpaired) electrons. The third kappa shape index (κ3) is 4.38. The number of nitrogen functional groups attached to an aromatic ring is 1. The molecule has 0 aliphatic rings. The van der Waals surface area contributed by atoms with Crippen molar-refractivity contribution in [2.45, 2.75) is 19.4 Å². The average molecular weight is 330 g/mol. The molecule has 0 bridgehead atoms. The third-order valence-corrected chi connectivity index (χ3v) is 3.44. The lowest BCUT2D eigenvalue weighted by atomic mass is 10.1. The van der Waals surface area contributed by atoms with Gasteiger partial charge in [0.1, 0.15) is 17.5 Å². The lowest BCUT2D eigenvalue weighted by Crippen LogP contribution is -2.33. The van der Waals surface area contributed by atoms with E-state index >= 15 is 0 Å². The summed E-state index contributed by atoms with van der Waals surface area (Å²) in [4.78, 5) is 12.1. The van der Waals surface area contributed by atoms with Gasteiger partial charge in [-0.3, -0.25) is 4.79 Å². The molecule has 2 aromatic rings. The minimum atomic E-state index is -0.515. The highest BCUT2D eigenvalue weighted by molar-refractivity contribution is 6.32. The Hall–Kier alpha value is -2.71. The fraction of sp³-hybridized carbons (Fsp3) is 0.176. The van der Waals surface area contributed by atoms with Gasteiger partial charge < -0.3 is 15.8 Å². The van der Waals surface area contributed by atoms with E-state index in [4.69, 9.17) is 27.3 Å². The predicted octanol–water partition coefficient (Wildman–Crippen LogP) is 3.75. The quantitative estimate of drug-likeness (QED) is 0.818. The van der Waals surface area contributed by atoms with E-state index in [-0.39, 0.29) is 5.91 Å². The molecule has 0 aliphatic carbocycles. The maximum atomic E-state index is 12.1. The Morgan fingerprint density at radius 1 is 1.39 bits per heavy atom. The molecule has 3 N–H and O–H groups in total. The van der Waals surface area contributed by atoms with Gasteiger partial charge in [0.15, 0.2) is 0 Å². The SMILES string of the molecule is CCC(C#N)NC(=O)c1cccc(Oc2ccc(N)cc2Cl)c1. The molecule has 0 fully saturated rings. The summed E-state index contributed by atoms with van der Waals surface area (Å²) >= 11 is 6.07. The second-order valence-electron chi connectivity index (χ2n) is 4.88. The van der Waals surface area contributed by atoms with Crippen LogP contribution in [0.2, 0.25) is 5.02 Å². The van der Waals surface area contributed by atoms with Crippen LogP contribution in [0.25, 0.3) is 0 Å². The van der Waals surface area contributed by atoms with Crippen molar-refractivity contribution in [3.63, 3.8) is 0 Å². The van der Waals surface area contributed by atoms with Gasteiger partial charge in [0.05, 0.1) is 11.1 Å². The maximum Gasteiger partial charge on any atom is 0.252 e. The first-order valence-electron chi connectivity index (χ1n) is 7.07. The van der Waals surface area contributed by atoms with Crippen LogP contribution in [0, 0.1) is 11.3 Å². The molecule has 0 spiro atoms. The number of nitriles is 1. The summed E-state index contributed by atoms with van der Waals surface area (Å²) in [5.41, 5.74) is 6.58. The highest BCUT2D eigenvalue weighted by atomic mass is 35.5. The number of ether oxygens (including phenoxy) is 1. The first-order chi connectivity index (χ1) is 11.0. The number of carbonyl (C=O) groups is 1. The molecule has 1 atom stereocenters. The van der Waals surface area contributed by atoms with Gasteiger partial charge in [-0.25, -0.2) is 0 Å². The number of halogens is 1. The van der Waals surface area contributed by atoms with Crippen molar-refractivity contribution in [3.8, 4) is 17.6 Å². The normalized spacial score (nSPS) is 11.3. The van der Waals surface area contributed by atoms with Gasteiger partial charge in [-0.1, -0.05) is 24.6 Å². The monoisotopic (exact) mass is 329 g/mol. The Morgan fingerprint density at radius 3 is 2.83 bits per heavy atom. The van der Waals surface area contributed by atoms with Crippen molar-refractivity contribution < 1.29 is 9.53 Å². The molecule has 2 aromatic carbocycles. The Balaban J connectivity index is 2.16. The topological polar surface area (TPSA) is 88.1 Å². The molecule has 0 aliphatic heterocycles. The minimum Gasteiger partial charge on any atom is -0.456 e. The summed E-state index contributed by atoms with van der Waals surface area (Å²) < 4.78 is 5.68. The zero-order valence-corrected chi connectivity index (χ0v) is 13.3. The summed E-state index contributed by atoms with van der Waals surface area (Å²) in [6.45, 7) is 1.83. The van der Waals surface area contributed by atoms with Crippen molar-refractivity contribution in [2.24, 2.45) is 0 Å². The van der Waals surface area contributed by atoms with Gasteiger partial charge in [-0.05, 0) is 42.8 Å². The minimum absolute atomic E-state index is 0.327. The zero-order valence-electron chi connectivity index (χ0n) is 12.5. The van der Waals surface area contributed by atoms with Crippen molar-refractivity contribution >= 4 is 23.2 Å². The highest BCUT2D eigenvalue weighted by Crippen LogP contribution is 2.31. The number of benzene rings is 2. The molecular formula is C17H16ClN3O2. The van der Waals surface area contributed by atoms with Crippen molar-refractivity contribution in [3.05, 3.63) is 53.1 Å². The van der Waals surface area contributed by atoms with Crippen LogP contribution < -0.4 is 15.8 Å². The summed E-state index contributed by atoms with van der Waals surface area (Å²) in [6.07, 6.45) is 0.541. The second kappa shape index (κ2) is 7.52. The first-order valence-corrected chi connectivity index (χ1v) is 7.44. The summed E-state index contributed by atoms with van der Waals surface area (Å²) in [5.74, 6) is 0.587. The van der Waals surface area contributed by atoms with Crippen LogP contribution in [0.3, 0.4) is 0 Å². The van der Waals surface area contributed by atoms with Crippen LogP contribution in [0.5, 0.6) is 11.5 Å². The number of amides is 1. The van der Waals surface area contributed by atoms with E-state index in [2.05, 4.69) is 5.32 Å². The number of nitrogens with one attached hydrogen (secondary N) is 1. The van der Waals surface area contributed by atoms with E-state index in [0.29, 0.717) is 34.2 Å². The van der Waals surface area contributed by atoms with E-state index in [1.54, 1.807) is 42.5 Å². The van der Waals surface area contributed by atoms with Gasteiger partial charge in [-0.15, -0.1) is 0 Å². The maximum absolute atomic E-state index is 12.1. The van der Waals surface area contributed by atoms with Crippen LogP contribution in [0.15, 0.2) is 42.5 Å². The Bertz CT molecular complexity index is 756. The molecule has 5 nitrogen and oxygen atoms in total. The van der Waals surface area contributed by atoms with E-state index < -0.39 is 6.04 Å². The summed E-state index contributed by atoms with van der Waals surface area (Å²) in [6, 6.07) is 13.1. The van der Waals surface area contributed by atoms with Gasteiger partial charge in [0, 0.05) is 11.3 Å². The zero-order chi connectivity index (χ0) is 16.8. The van der Waals surface area contributed by atoms with E-state index in [0.717, 1.165) is 0 Å². The molecular weight excluding hydrogens is 314 g/mol. The number of hydrogen-bond acceptors (Lipinski definition) is 4. The van der Waals surface area contributed by atoms with Gasteiger partial charge >= 0.3 is 0 Å². The van der Waals surface area contributed by atoms with Gasteiger partial charge in [0.25, 0.3) is 5.91 Å². The number of hydrogen-bond donors (Lipinski definition) is 2. The number of anilines is 1. The predicted molar refractivity (Wildman–Crippen MR) is 89.5 cm³/mol. The lowest BCUT2D eigenvalue weighted by molar-refractivity contribution is 0.0944. The largest absolute Gasteiger partial charge is 0.456 e. The number of nitrogens with two attached hydrogens (primary N) is 1. The molecule has 2 rings (SSSR count).